The van der Waals surface area contributed by atoms with Crippen molar-refractivity contribution in [2.24, 2.45) is 5.92 Å². The number of aryl methyl sites for hydroxylation is 1. The van der Waals surface area contributed by atoms with Crippen LogP contribution in [0.3, 0.4) is 0 Å². The maximum Gasteiger partial charge on any atom is 0.255 e. The van der Waals surface area contributed by atoms with Crippen molar-refractivity contribution in [1.82, 2.24) is 10.3 Å². The molecule has 3 aromatic rings. The molecule has 1 amide bonds. The second kappa shape index (κ2) is 8.93. The van der Waals surface area contributed by atoms with Crippen LogP contribution in [-0.4, -0.2) is 22.6 Å². The van der Waals surface area contributed by atoms with Crippen LogP contribution in [0.4, 0.5) is 4.39 Å². The predicted octanol–water partition coefficient (Wildman–Crippen LogP) is 4.47. The molecule has 1 fully saturated rings. The number of rotatable bonds is 8. The molecule has 0 saturated heterocycles. The number of aliphatic hydroxyl groups is 1. The summed E-state index contributed by atoms with van der Waals surface area (Å²) in [6.07, 6.45) is 2.30. The van der Waals surface area contributed by atoms with Crippen molar-refractivity contribution in [2.75, 3.05) is 6.61 Å². The fourth-order valence-electron chi connectivity index (χ4n) is 3.11. The molecule has 156 valence electrons. The molecule has 1 heterocycles. The quantitative estimate of drug-likeness (QED) is 0.558. The van der Waals surface area contributed by atoms with Gasteiger partial charge in [0.25, 0.3) is 5.91 Å². The zero-order valence-corrected chi connectivity index (χ0v) is 17.5. The highest BCUT2D eigenvalue weighted by atomic mass is 32.1. The Hall–Kier alpha value is -2.77. The van der Waals surface area contributed by atoms with Crippen molar-refractivity contribution >= 4 is 17.2 Å². The van der Waals surface area contributed by atoms with E-state index in [4.69, 9.17) is 4.74 Å². The van der Waals surface area contributed by atoms with Crippen LogP contribution < -0.4 is 10.1 Å². The van der Waals surface area contributed by atoms with Gasteiger partial charge in [0.2, 0.25) is 0 Å². The first kappa shape index (κ1) is 20.5. The van der Waals surface area contributed by atoms with Gasteiger partial charge in [-0.05, 0) is 61.1 Å². The SMILES string of the molecule is Cc1ccc(CNC(=O)c2cc(-c3ncsc3CO)ccc2OCC2CC2)cc1F. The number of ether oxygens (including phenoxy) is 1. The van der Waals surface area contributed by atoms with Crippen molar-refractivity contribution in [3.05, 3.63) is 69.3 Å². The molecule has 0 spiro atoms. The number of amides is 1. The predicted molar refractivity (Wildman–Crippen MR) is 114 cm³/mol. The minimum atomic E-state index is -0.301. The zero-order chi connectivity index (χ0) is 21.1. The number of hydrogen-bond donors (Lipinski definition) is 2. The third kappa shape index (κ3) is 4.68. The van der Waals surface area contributed by atoms with Crippen LogP contribution >= 0.6 is 11.3 Å². The molecule has 1 aliphatic rings. The van der Waals surface area contributed by atoms with Gasteiger partial charge in [0, 0.05) is 12.1 Å². The number of aliphatic hydroxyl groups excluding tert-OH is 1. The summed E-state index contributed by atoms with van der Waals surface area (Å²) in [4.78, 5) is 18.0. The fraction of sp³-hybridized carbons (Fsp3) is 0.304. The number of benzene rings is 2. The maximum atomic E-state index is 13.8. The van der Waals surface area contributed by atoms with E-state index in [-0.39, 0.29) is 24.9 Å². The molecule has 5 nitrogen and oxygen atoms in total. The molecule has 1 aliphatic carbocycles. The summed E-state index contributed by atoms with van der Waals surface area (Å²) in [5.41, 5.74) is 4.72. The van der Waals surface area contributed by atoms with E-state index in [0.29, 0.717) is 40.7 Å². The molecular formula is C23H23FN2O3S. The molecule has 0 unspecified atom stereocenters. The topological polar surface area (TPSA) is 71.5 Å². The van der Waals surface area contributed by atoms with E-state index < -0.39 is 0 Å². The summed E-state index contributed by atoms with van der Waals surface area (Å²) in [5.74, 6) is 0.469. The van der Waals surface area contributed by atoms with Crippen LogP contribution in [0.2, 0.25) is 0 Å². The van der Waals surface area contributed by atoms with Crippen LogP contribution in [0.1, 0.15) is 39.2 Å². The van der Waals surface area contributed by atoms with Crippen LogP contribution in [0.5, 0.6) is 5.75 Å². The monoisotopic (exact) mass is 426 g/mol. The smallest absolute Gasteiger partial charge is 0.255 e. The Labute approximate surface area is 178 Å². The molecule has 7 heteroatoms. The number of nitrogens with zero attached hydrogens (tertiary/aromatic N) is 1. The number of aromatic nitrogens is 1. The van der Waals surface area contributed by atoms with Crippen LogP contribution in [0, 0.1) is 18.7 Å². The minimum absolute atomic E-state index is 0.111. The van der Waals surface area contributed by atoms with E-state index in [1.54, 1.807) is 36.7 Å². The average molecular weight is 427 g/mol. The number of carbonyl (C=O) groups is 1. The minimum Gasteiger partial charge on any atom is -0.492 e. The Kier molecular flexibility index (Phi) is 6.11. The number of thiazole rings is 1. The molecule has 0 bridgehead atoms. The van der Waals surface area contributed by atoms with Gasteiger partial charge in [-0.1, -0.05) is 12.1 Å². The van der Waals surface area contributed by atoms with E-state index in [1.807, 2.05) is 6.07 Å². The van der Waals surface area contributed by atoms with Crippen molar-refractivity contribution in [3.63, 3.8) is 0 Å². The van der Waals surface area contributed by atoms with Crippen molar-refractivity contribution in [2.45, 2.75) is 32.9 Å². The Balaban J connectivity index is 1.57. The standard InChI is InChI=1S/C23H23FN2O3S/c1-14-2-3-16(8-19(14)24)10-25-23(28)18-9-17(22-21(11-27)30-13-26-22)6-7-20(18)29-12-15-4-5-15/h2-3,6-9,13,15,27H,4-5,10-12H2,1H3,(H,25,28). The second-order valence-electron chi connectivity index (χ2n) is 7.51. The molecule has 1 saturated carbocycles. The molecule has 2 N–H and O–H groups in total. The lowest BCUT2D eigenvalue weighted by atomic mass is 10.1. The Bertz CT molecular complexity index is 1060. The van der Waals surface area contributed by atoms with E-state index >= 15 is 0 Å². The van der Waals surface area contributed by atoms with Crippen molar-refractivity contribution in [1.29, 1.82) is 0 Å². The highest BCUT2D eigenvalue weighted by Gasteiger charge is 2.23. The summed E-state index contributed by atoms with van der Waals surface area (Å²) in [6, 6.07) is 10.3. The summed E-state index contributed by atoms with van der Waals surface area (Å²) in [5, 5.41) is 12.4. The number of nitrogens with one attached hydrogen (secondary N) is 1. The highest BCUT2D eigenvalue weighted by Crippen LogP contribution is 2.33. The molecular weight excluding hydrogens is 403 g/mol. The first-order valence-corrected chi connectivity index (χ1v) is 10.8. The number of carbonyl (C=O) groups excluding carboxylic acids is 1. The Morgan fingerprint density at radius 1 is 1.30 bits per heavy atom. The molecule has 0 aliphatic heterocycles. The van der Waals surface area contributed by atoms with Gasteiger partial charge in [-0.15, -0.1) is 11.3 Å². The largest absolute Gasteiger partial charge is 0.492 e. The summed E-state index contributed by atoms with van der Waals surface area (Å²) in [7, 11) is 0. The molecule has 0 atom stereocenters. The van der Waals surface area contributed by atoms with Gasteiger partial charge in [0.05, 0.1) is 34.9 Å². The van der Waals surface area contributed by atoms with Gasteiger partial charge in [0.15, 0.2) is 0 Å². The third-order valence-corrected chi connectivity index (χ3v) is 5.96. The zero-order valence-electron chi connectivity index (χ0n) is 16.7. The van der Waals surface area contributed by atoms with Gasteiger partial charge in [-0.25, -0.2) is 9.37 Å². The summed E-state index contributed by atoms with van der Waals surface area (Å²) >= 11 is 1.37. The average Bonchev–Trinajstić information content (AvgIpc) is 3.47. The third-order valence-electron chi connectivity index (χ3n) is 5.14. The van der Waals surface area contributed by atoms with E-state index in [1.165, 1.54) is 17.4 Å². The lowest BCUT2D eigenvalue weighted by Gasteiger charge is -2.13. The summed E-state index contributed by atoms with van der Waals surface area (Å²) < 4.78 is 19.7. The Morgan fingerprint density at radius 2 is 2.13 bits per heavy atom. The lowest BCUT2D eigenvalue weighted by molar-refractivity contribution is 0.0946. The van der Waals surface area contributed by atoms with Crippen LogP contribution in [0.25, 0.3) is 11.3 Å². The van der Waals surface area contributed by atoms with E-state index in [9.17, 15) is 14.3 Å². The van der Waals surface area contributed by atoms with Crippen molar-refractivity contribution < 1.29 is 19.0 Å². The summed E-state index contributed by atoms with van der Waals surface area (Å²) in [6.45, 7) is 2.38. The molecule has 4 rings (SSSR count). The van der Waals surface area contributed by atoms with Gasteiger partial charge in [-0.2, -0.15) is 0 Å². The normalized spacial score (nSPS) is 13.3. The first-order chi connectivity index (χ1) is 14.5. The van der Waals surface area contributed by atoms with Gasteiger partial charge < -0.3 is 15.2 Å². The van der Waals surface area contributed by atoms with E-state index in [2.05, 4.69) is 10.3 Å². The van der Waals surface area contributed by atoms with Gasteiger partial charge in [-0.3, -0.25) is 4.79 Å². The molecule has 2 aromatic carbocycles. The van der Waals surface area contributed by atoms with Crippen molar-refractivity contribution in [3.8, 4) is 17.0 Å². The van der Waals surface area contributed by atoms with Crippen LogP contribution in [-0.2, 0) is 13.2 Å². The second-order valence-corrected chi connectivity index (χ2v) is 8.45. The number of halogens is 1. The Morgan fingerprint density at radius 3 is 2.87 bits per heavy atom. The van der Waals surface area contributed by atoms with Gasteiger partial charge in [0.1, 0.15) is 11.6 Å². The maximum absolute atomic E-state index is 13.8. The fourth-order valence-corrected chi connectivity index (χ4v) is 3.76. The van der Waals surface area contributed by atoms with Crippen LogP contribution in [0.15, 0.2) is 41.9 Å². The van der Waals surface area contributed by atoms with E-state index in [0.717, 1.165) is 23.3 Å². The first-order valence-electron chi connectivity index (χ1n) is 9.89. The lowest BCUT2D eigenvalue weighted by Crippen LogP contribution is -2.24. The number of hydrogen-bond acceptors (Lipinski definition) is 5. The molecule has 0 radical (unpaired) electrons. The molecule has 1 aromatic heterocycles. The highest BCUT2D eigenvalue weighted by molar-refractivity contribution is 7.10. The molecule has 30 heavy (non-hydrogen) atoms. The van der Waals surface area contributed by atoms with Gasteiger partial charge >= 0.3 is 0 Å².